The zero-order valence-electron chi connectivity index (χ0n) is 11.9. The largest absolute Gasteiger partial charge is 0.321 e. The summed E-state index contributed by atoms with van der Waals surface area (Å²) in [7, 11) is 0. The van der Waals surface area contributed by atoms with Crippen LogP contribution in [0.1, 0.15) is 32.3 Å². The number of carbonyl (C=O) groups is 2. The van der Waals surface area contributed by atoms with Crippen molar-refractivity contribution in [2.24, 2.45) is 16.1 Å². The van der Waals surface area contributed by atoms with E-state index in [1.807, 2.05) is 26.8 Å². The number of nitrogens with zero attached hydrogens (tertiary/aromatic N) is 1. The van der Waals surface area contributed by atoms with Crippen molar-refractivity contribution in [1.29, 1.82) is 0 Å². The number of nitrogens with two attached hydrogens (primary N) is 1. The Morgan fingerprint density at radius 2 is 1.80 bits per heavy atom. The summed E-state index contributed by atoms with van der Waals surface area (Å²) in [6.45, 7) is 5.79. The zero-order chi connectivity index (χ0) is 14.9. The van der Waals surface area contributed by atoms with Gasteiger partial charge in [-0.3, -0.25) is 9.59 Å². The van der Waals surface area contributed by atoms with Crippen molar-refractivity contribution in [2.45, 2.75) is 32.7 Å². The molecule has 2 rings (SSSR count). The third-order valence-corrected chi connectivity index (χ3v) is 3.35. The second-order valence-electron chi connectivity index (χ2n) is 6.01. The van der Waals surface area contributed by atoms with E-state index in [1.165, 1.54) is 0 Å². The predicted octanol–water partition coefficient (Wildman–Crippen LogP) is 1.20. The van der Waals surface area contributed by atoms with Crippen molar-refractivity contribution >= 4 is 17.6 Å². The third kappa shape index (κ3) is 2.77. The number of rotatable bonds is 2. The summed E-state index contributed by atoms with van der Waals surface area (Å²) >= 11 is 0. The van der Waals surface area contributed by atoms with Crippen LogP contribution in [0.3, 0.4) is 0 Å². The van der Waals surface area contributed by atoms with E-state index in [-0.39, 0.29) is 17.2 Å². The molecule has 5 heteroatoms. The molecule has 0 radical (unpaired) electrons. The standard InChI is InChI=1S/C15H19N3O2/c1-15(2,3)11(16)12-17-13(19)10(14(20)18-12)9-7-5-4-6-8-9/h4-8,10-11H,16H2,1-3H3,(H,17,18,19,20). The van der Waals surface area contributed by atoms with Crippen molar-refractivity contribution < 1.29 is 9.59 Å². The predicted molar refractivity (Wildman–Crippen MR) is 77.2 cm³/mol. The van der Waals surface area contributed by atoms with Crippen LogP contribution in [0.5, 0.6) is 0 Å². The molecular formula is C15H19N3O2. The lowest BCUT2D eigenvalue weighted by Gasteiger charge is -2.31. The first-order valence-corrected chi connectivity index (χ1v) is 6.54. The fourth-order valence-electron chi connectivity index (χ4n) is 2.02. The molecule has 2 amide bonds. The molecule has 1 heterocycles. The summed E-state index contributed by atoms with van der Waals surface area (Å²) < 4.78 is 0. The van der Waals surface area contributed by atoms with Gasteiger partial charge in [-0.25, -0.2) is 0 Å². The normalized spacial score (nSPS) is 21.2. The summed E-state index contributed by atoms with van der Waals surface area (Å²) in [4.78, 5) is 28.3. The quantitative estimate of drug-likeness (QED) is 0.794. The van der Waals surface area contributed by atoms with E-state index in [9.17, 15) is 9.59 Å². The Hall–Kier alpha value is -2.01. The van der Waals surface area contributed by atoms with Gasteiger partial charge in [-0.1, -0.05) is 51.1 Å². The van der Waals surface area contributed by atoms with Crippen LogP contribution in [-0.2, 0) is 9.59 Å². The van der Waals surface area contributed by atoms with Crippen molar-refractivity contribution in [1.82, 2.24) is 5.32 Å². The molecule has 2 unspecified atom stereocenters. The Morgan fingerprint density at radius 3 is 2.30 bits per heavy atom. The van der Waals surface area contributed by atoms with E-state index in [0.29, 0.717) is 5.56 Å². The van der Waals surface area contributed by atoms with Crippen LogP contribution in [0.25, 0.3) is 0 Å². The van der Waals surface area contributed by atoms with Crippen molar-refractivity contribution in [2.75, 3.05) is 0 Å². The molecule has 0 aliphatic carbocycles. The molecule has 0 bridgehead atoms. The molecule has 0 aromatic heterocycles. The smallest absolute Gasteiger partial charge is 0.264 e. The maximum absolute atomic E-state index is 12.2. The van der Waals surface area contributed by atoms with Crippen LogP contribution in [0.2, 0.25) is 0 Å². The number of nitrogens with one attached hydrogen (secondary N) is 1. The van der Waals surface area contributed by atoms with Gasteiger partial charge in [0.25, 0.3) is 5.91 Å². The first-order valence-electron chi connectivity index (χ1n) is 6.54. The summed E-state index contributed by atoms with van der Waals surface area (Å²) in [6.07, 6.45) is 0. The average molecular weight is 273 g/mol. The second kappa shape index (κ2) is 5.17. The van der Waals surface area contributed by atoms with E-state index in [2.05, 4.69) is 10.3 Å². The third-order valence-electron chi connectivity index (χ3n) is 3.35. The van der Waals surface area contributed by atoms with Crippen molar-refractivity contribution in [3.05, 3.63) is 35.9 Å². The molecule has 0 spiro atoms. The lowest BCUT2D eigenvalue weighted by molar-refractivity contribution is -0.129. The molecule has 20 heavy (non-hydrogen) atoms. The molecule has 3 N–H and O–H groups in total. The summed E-state index contributed by atoms with van der Waals surface area (Å²) in [5, 5.41) is 2.67. The van der Waals surface area contributed by atoms with Gasteiger partial charge in [0.1, 0.15) is 11.8 Å². The Morgan fingerprint density at radius 1 is 1.20 bits per heavy atom. The fraction of sp³-hybridized carbons (Fsp3) is 0.400. The number of amidine groups is 1. The minimum absolute atomic E-state index is 0.250. The van der Waals surface area contributed by atoms with Crippen LogP contribution >= 0.6 is 0 Å². The molecule has 106 valence electrons. The average Bonchev–Trinajstić information content (AvgIpc) is 2.37. The van der Waals surface area contributed by atoms with E-state index in [0.717, 1.165) is 0 Å². The van der Waals surface area contributed by atoms with Gasteiger partial charge in [0.05, 0.1) is 6.04 Å². The Kier molecular flexibility index (Phi) is 3.72. The highest BCUT2D eigenvalue weighted by Gasteiger charge is 2.37. The fourth-order valence-corrected chi connectivity index (χ4v) is 2.02. The first-order chi connectivity index (χ1) is 9.30. The van der Waals surface area contributed by atoms with Gasteiger partial charge in [-0.05, 0) is 11.0 Å². The van der Waals surface area contributed by atoms with Crippen molar-refractivity contribution in [3.8, 4) is 0 Å². The highest BCUT2D eigenvalue weighted by Crippen LogP contribution is 2.23. The van der Waals surface area contributed by atoms with Crippen LogP contribution in [-0.4, -0.2) is 23.7 Å². The Labute approximate surface area is 118 Å². The number of hydrogen-bond donors (Lipinski definition) is 2. The van der Waals surface area contributed by atoms with Gasteiger partial charge in [-0.2, -0.15) is 4.99 Å². The lowest BCUT2D eigenvalue weighted by Crippen LogP contribution is -2.54. The topological polar surface area (TPSA) is 84.5 Å². The van der Waals surface area contributed by atoms with Crippen LogP contribution in [0, 0.1) is 5.41 Å². The van der Waals surface area contributed by atoms with Crippen LogP contribution in [0.4, 0.5) is 0 Å². The van der Waals surface area contributed by atoms with E-state index < -0.39 is 17.9 Å². The van der Waals surface area contributed by atoms with Crippen LogP contribution < -0.4 is 11.1 Å². The highest BCUT2D eigenvalue weighted by molar-refractivity contribution is 6.20. The molecule has 5 nitrogen and oxygen atoms in total. The number of carbonyl (C=O) groups excluding carboxylic acids is 2. The molecule has 1 aromatic rings. The van der Waals surface area contributed by atoms with Gasteiger partial charge in [0.15, 0.2) is 0 Å². The molecule has 1 aliphatic rings. The maximum atomic E-state index is 12.2. The van der Waals surface area contributed by atoms with Gasteiger partial charge in [-0.15, -0.1) is 0 Å². The van der Waals surface area contributed by atoms with Gasteiger partial charge in [0.2, 0.25) is 5.91 Å². The number of amides is 2. The van der Waals surface area contributed by atoms with E-state index >= 15 is 0 Å². The summed E-state index contributed by atoms with van der Waals surface area (Å²) in [5.41, 5.74) is 6.39. The monoisotopic (exact) mass is 273 g/mol. The van der Waals surface area contributed by atoms with Crippen molar-refractivity contribution in [3.63, 3.8) is 0 Å². The maximum Gasteiger partial charge on any atom is 0.264 e. The SMILES string of the molecule is CC(C)(C)C(N)C1=NC(=O)C(c2ccccc2)C(=O)N1. The van der Waals surface area contributed by atoms with Gasteiger partial charge in [0, 0.05) is 0 Å². The molecule has 0 saturated carbocycles. The van der Waals surface area contributed by atoms with Gasteiger partial charge < -0.3 is 11.1 Å². The van der Waals surface area contributed by atoms with Crippen LogP contribution in [0.15, 0.2) is 35.3 Å². The number of benzene rings is 1. The molecule has 0 fully saturated rings. The number of hydrogen-bond acceptors (Lipinski definition) is 3. The molecule has 1 aromatic carbocycles. The highest BCUT2D eigenvalue weighted by atomic mass is 16.2. The second-order valence-corrected chi connectivity index (χ2v) is 6.01. The number of aliphatic imine (C=N–C) groups is 1. The van der Waals surface area contributed by atoms with Gasteiger partial charge >= 0.3 is 0 Å². The zero-order valence-corrected chi connectivity index (χ0v) is 11.9. The Balaban J connectivity index is 2.30. The Bertz CT molecular complexity index is 558. The summed E-state index contributed by atoms with van der Waals surface area (Å²) in [5.74, 6) is -1.47. The van der Waals surface area contributed by atoms with E-state index in [1.54, 1.807) is 24.3 Å². The summed E-state index contributed by atoms with van der Waals surface area (Å²) in [6, 6.07) is 8.40. The van der Waals surface area contributed by atoms with E-state index in [4.69, 9.17) is 5.73 Å². The lowest BCUT2D eigenvalue weighted by atomic mass is 9.85. The minimum atomic E-state index is -0.882. The molecule has 0 saturated heterocycles. The minimum Gasteiger partial charge on any atom is -0.321 e. The first kappa shape index (κ1) is 14.4. The molecule has 2 atom stereocenters. The molecule has 1 aliphatic heterocycles. The molecular weight excluding hydrogens is 254 g/mol.